The summed E-state index contributed by atoms with van der Waals surface area (Å²) in [6, 6.07) is 0.601. The monoisotopic (exact) mass is 141 g/mol. The Morgan fingerprint density at radius 2 is 2.10 bits per heavy atom. The summed E-state index contributed by atoms with van der Waals surface area (Å²) in [5.74, 6) is 0. The summed E-state index contributed by atoms with van der Waals surface area (Å²) in [7, 11) is 0. The van der Waals surface area contributed by atoms with Crippen molar-refractivity contribution in [2.75, 3.05) is 6.54 Å². The lowest BCUT2D eigenvalue weighted by atomic mass is 10.1. The Hall–Kier alpha value is -0.300. The van der Waals surface area contributed by atoms with Crippen LogP contribution in [0.15, 0.2) is 12.7 Å². The maximum absolute atomic E-state index is 3.72. The first-order valence-electron chi connectivity index (χ1n) is 4.29. The van der Waals surface area contributed by atoms with E-state index in [1.165, 1.54) is 25.8 Å². The van der Waals surface area contributed by atoms with Gasteiger partial charge in [0.25, 0.3) is 0 Å². The average molecular weight is 141 g/mol. The molecule has 1 nitrogen and oxygen atoms in total. The molecule has 1 N–H and O–H groups in total. The van der Waals surface area contributed by atoms with Crippen LogP contribution >= 0.6 is 0 Å². The number of hydrogen-bond donors (Lipinski definition) is 1. The molecule has 60 valence electrons. The zero-order valence-electron chi connectivity index (χ0n) is 7.19. The molecule has 1 heterocycles. The van der Waals surface area contributed by atoms with Gasteiger partial charge >= 0.3 is 0 Å². The summed E-state index contributed by atoms with van der Waals surface area (Å²) >= 11 is 0. The van der Waals surface area contributed by atoms with Crippen LogP contribution in [0.5, 0.6) is 0 Å². The molecule has 1 heteroatoms. The van der Waals surface area contributed by atoms with Gasteiger partial charge in [-0.1, -0.05) is 26.3 Å². The van der Waals surface area contributed by atoms with E-state index in [1.807, 2.05) is 19.9 Å². The zero-order valence-corrected chi connectivity index (χ0v) is 7.19. The second-order valence-corrected chi connectivity index (χ2v) is 2.29. The molecule has 1 atom stereocenters. The Bertz CT molecular complexity index is 72.8. The lowest BCUT2D eigenvalue weighted by molar-refractivity contribution is 0.455. The van der Waals surface area contributed by atoms with E-state index in [0.29, 0.717) is 6.04 Å². The molecule has 0 saturated carbocycles. The molecule has 0 aromatic rings. The highest BCUT2D eigenvalue weighted by Gasteiger charge is 2.06. The highest BCUT2D eigenvalue weighted by molar-refractivity contribution is 4.87. The summed E-state index contributed by atoms with van der Waals surface area (Å²) in [4.78, 5) is 0. The van der Waals surface area contributed by atoms with E-state index in [4.69, 9.17) is 0 Å². The SMILES string of the molecule is C=CC1CCCCN1.CC. The molecule has 1 saturated heterocycles. The number of rotatable bonds is 1. The molecular weight excluding hydrogens is 122 g/mol. The van der Waals surface area contributed by atoms with Crippen LogP contribution in [0.4, 0.5) is 0 Å². The van der Waals surface area contributed by atoms with Crippen LogP contribution in [0.2, 0.25) is 0 Å². The quantitative estimate of drug-likeness (QED) is 0.553. The van der Waals surface area contributed by atoms with Gasteiger partial charge in [0.05, 0.1) is 0 Å². The van der Waals surface area contributed by atoms with E-state index >= 15 is 0 Å². The molecule has 0 bridgehead atoms. The minimum atomic E-state index is 0.601. The summed E-state index contributed by atoms with van der Waals surface area (Å²) in [5, 5.41) is 3.35. The molecule has 1 aliphatic heterocycles. The molecule has 0 amide bonds. The Kier molecular flexibility index (Phi) is 6.61. The van der Waals surface area contributed by atoms with E-state index in [-0.39, 0.29) is 0 Å². The van der Waals surface area contributed by atoms with Gasteiger partial charge in [-0.25, -0.2) is 0 Å². The van der Waals surface area contributed by atoms with Crippen molar-refractivity contribution in [1.29, 1.82) is 0 Å². The maximum Gasteiger partial charge on any atom is 0.0247 e. The fraction of sp³-hybridized carbons (Fsp3) is 0.778. The van der Waals surface area contributed by atoms with Gasteiger partial charge in [0, 0.05) is 6.04 Å². The van der Waals surface area contributed by atoms with Crippen molar-refractivity contribution in [3.05, 3.63) is 12.7 Å². The van der Waals surface area contributed by atoms with Crippen LogP contribution in [-0.2, 0) is 0 Å². The Morgan fingerprint density at radius 1 is 1.40 bits per heavy atom. The fourth-order valence-electron chi connectivity index (χ4n) is 1.08. The van der Waals surface area contributed by atoms with Crippen LogP contribution < -0.4 is 5.32 Å². The molecule has 0 aromatic heterocycles. The molecule has 0 spiro atoms. The third kappa shape index (κ3) is 3.67. The maximum atomic E-state index is 3.72. The molecule has 1 fully saturated rings. The lowest BCUT2D eigenvalue weighted by Crippen LogP contribution is -2.31. The standard InChI is InChI=1S/C7H13N.C2H6/c1-2-7-5-3-4-6-8-7;1-2/h2,7-8H,1,3-6H2;1-2H3. The highest BCUT2D eigenvalue weighted by atomic mass is 14.9. The van der Waals surface area contributed by atoms with Crippen molar-refractivity contribution in [2.45, 2.75) is 39.2 Å². The molecular formula is C9H19N. The Morgan fingerprint density at radius 3 is 2.40 bits per heavy atom. The van der Waals surface area contributed by atoms with Crippen molar-refractivity contribution in [2.24, 2.45) is 0 Å². The van der Waals surface area contributed by atoms with Crippen LogP contribution in [0, 0.1) is 0 Å². The molecule has 1 unspecified atom stereocenters. The van der Waals surface area contributed by atoms with Gasteiger partial charge < -0.3 is 5.32 Å². The minimum Gasteiger partial charge on any atom is -0.311 e. The van der Waals surface area contributed by atoms with Gasteiger partial charge in [0.2, 0.25) is 0 Å². The van der Waals surface area contributed by atoms with Crippen LogP contribution in [0.1, 0.15) is 33.1 Å². The third-order valence-electron chi connectivity index (χ3n) is 1.63. The molecule has 10 heavy (non-hydrogen) atoms. The van der Waals surface area contributed by atoms with E-state index < -0.39 is 0 Å². The van der Waals surface area contributed by atoms with Crippen LogP contribution in [-0.4, -0.2) is 12.6 Å². The van der Waals surface area contributed by atoms with Crippen LogP contribution in [0.25, 0.3) is 0 Å². The minimum absolute atomic E-state index is 0.601. The zero-order chi connectivity index (χ0) is 7.82. The highest BCUT2D eigenvalue weighted by Crippen LogP contribution is 2.06. The first-order chi connectivity index (χ1) is 4.93. The number of hydrogen-bond acceptors (Lipinski definition) is 1. The predicted molar refractivity (Wildman–Crippen MR) is 47.2 cm³/mol. The van der Waals surface area contributed by atoms with E-state index in [2.05, 4.69) is 11.9 Å². The van der Waals surface area contributed by atoms with Gasteiger partial charge in [0.15, 0.2) is 0 Å². The molecule has 0 radical (unpaired) electrons. The molecule has 1 aliphatic rings. The van der Waals surface area contributed by atoms with Crippen LogP contribution in [0.3, 0.4) is 0 Å². The average Bonchev–Trinajstić information content (AvgIpc) is 2.10. The Labute approximate surface area is 64.5 Å². The van der Waals surface area contributed by atoms with E-state index in [9.17, 15) is 0 Å². The van der Waals surface area contributed by atoms with Gasteiger partial charge in [0.1, 0.15) is 0 Å². The summed E-state index contributed by atoms with van der Waals surface area (Å²) < 4.78 is 0. The summed E-state index contributed by atoms with van der Waals surface area (Å²) in [6.07, 6.45) is 5.98. The van der Waals surface area contributed by atoms with Crippen molar-refractivity contribution < 1.29 is 0 Å². The van der Waals surface area contributed by atoms with Gasteiger partial charge in [-0.15, -0.1) is 6.58 Å². The molecule has 0 aliphatic carbocycles. The second-order valence-electron chi connectivity index (χ2n) is 2.29. The van der Waals surface area contributed by atoms with E-state index in [1.54, 1.807) is 0 Å². The first kappa shape index (κ1) is 9.70. The van der Waals surface area contributed by atoms with Gasteiger partial charge in [-0.3, -0.25) is 0 Å². The third-order valence-corrected chi connectivity index (χ3v) is 1.63. The predicted octanol–water partition coefficient (Wildman–Crippen LogP) is 2.34. The number of nitrogens with one attached hydrogen (secondary N) is 1. The fourth-order valence-corrected chi connectivity index (χ4v) is 1.08. The molecule has 1 rings (SSSR count). The Balaban J connectivity index is 0.000000371. The number of piperidine rings is 1. The first-order valence-corrected chi connectivity index (χ1v) is 4.29. The van der Waals surface area contributed by atoms with Gasteiger partial charge in [-0.2, -0.15) is 0 Å². The molecule has 0 aromatic carbocycles. The normalized spacial score (nSPS) is 24.4. The smallest absolute Gasteiger partial charge is 0.0247 e. The van der Waals surface area contributed by atoms with Crippen molar-refractivity contribution in [1.82, 2.24) is 5.32 Å². The topological polar surface area (TPSA) is 12.0 Å². The van der Waals surface area contributed by atoms with Crippen molar-refractivity contribution in [3.8, 4) is 0 Å². The second kappa shape index (κ2) is 6.81. The van der Waals surface area contributed by atoms with Gasteiger partial charge in [-0.05, 0) is 19.4 Å². The lowest BCUT2D eigenvalue weighted by Gasteiger charge is -2.19. The summed E-state index contributed by atoms with van der Waals surface area (Å²) in [5.41, 5.74) is 0. The van der Waals surface area contributed by atoms with Crippen molar-refractivity contribution in [3.63, 3.8) is 0 Å². The largest absolute Gasteiger partial charge is 0.311 e. The summed E-state index contributed by atoms with van der Waals surface area (Å²) in [6.45, 7) is 8.90. The van der Waals surface area contributed by atoms with E-state index in [0.717, 1.165) is 0 Å². The van der Waals surface area contributed by atoms with Crippen molar-refractivity contribution >= 4 is 0 Å².